The highest BCUT2D eigenvalue weighted by Gasteiger charge is 2.72. The van der Waals surface area contributed by atoms with E-state index < -0.39 is 59.6 Å². The number of likely N-dealkylation sites (N-methyl/N-ethyl adjacent to an activating group) is 1. The highest BCUT2D eigenvalue weighted by Crippen LogP contribution is 2.65. The van der Waals surface area contributed by atoms with Gasteiger partial charge in [0, 0.05) is 23.6 Å². The van der Waals surface area contributed by atoms with Gasteiger partial charge >= 0.3 is 23.9 Å². The zero-order valence-corrected chi connectivity index (χ0v) is 25.2. The van der Waals surface area contributed by atoms with Gasteiger partial charge in [-0.05, 0) is 51.1 Å². The van der Waals surface area contributed by atoms with Crippen molar-refractivity contribution in [2.75, 3.05) is 20.7 Å². The lowest BCUT2D eigenvalue weighted by atomic mass is 9.50. The summed E-state index contributed by atoms with van der Waals surface area (Å²) in [5, 5.41) is 21.4. The number of aliphatic carboxylic acids is 1. The van der Waals surface area contributed by atoms with Crippen LogP contribution in [0.3, 0.4) is 0 Å². The molecule has 45 heavy (non-hydrogen) atoms. The van der Waals surface area contributed by atoms with E-state index in [1.807, 2.05) is 19.2 Å². The number of aliphatic hydroxyl groups is 1. The van der Waals surface area contributed by atoms with Crippen LogP contribution >= 0.6 is 0 Å². The summed E-state index contributed by atoms with van der Waals surface area (Å²) >= 11 is 0. The Hall–Kier alpha value is -4.42. The summed E-state index contributed by atoms with van der Waals surface area (Å²) in [5.41, 5.74) is 0.246. The Kier molecular flexibility index (Phi) is 7.82. The summed E-state index contributed by atoms with van der Waals surface area (Å²) in [5.74, 6) is -2.66. The van der Waals surface area contributed by atoms with E-state index in [9.17, 15) is 24.3 Å². The van der Waals surface area contributed by atoms with Gasteiger partial charge in [-0.15, -0.1) is 0 Å². The summed E-state index contributed by atoms with van der Waals surface area (Å²) in [6, 6.07) is 11.7. The van der Waals surface area contributed by atoms with Gasteiger partial charge in [0.1, 0.15) is 5.76 Å². The van der Waals surface area contributed by atoms with Crippen molar-refractivity contribution in [1.82, 2.24) is 4.90 Å². The van der Waals surface area contributed by atoms with Gasteiger partial charge in [-0.1, -0.05) is 36.4 Å². The Balaban J connectivity index is 1.17. The third-order valence-electron chi connectivity index (χ3n) is 9.53. The van der Waals surface area contributed by atoms with Gasteiger partial charge in [0.2, 0.25) is 6.10 Å². The first kappa shape index (κ1) is 30.6. The molecule has 2 bridgehead atoms. The summed E-state index contributed by atoms with van der Waals surface area (Å²) in [7, 11) is 3.56. The molecular formula is C33H35NO11. The Morgan fingerprint density at radius 1 is 1.07 bits per heavy atom. The molecule has 2 aliphatic heterocycles. The van der Waals surface area contributed by atoms with Crippen molar-refractivity contribution < 1.29 is 53.1 Å². The maximum Gasteiger partial charge on any atom is 0.353 e. The van der Waals surface area contributed by atoms with Crippen LogP contribution in [0.2, 0.25) is 0 Å². The SMILES string of the molecule is COc1ccc2c3c1O[C@H]1C(OC(=O)CCC(=O)O[C@H](C(=O)O[C@@H](C)C(=O)O)c4ccccc4)=CC[C@@]4(O)[C@H](C2)N(C)CC[C@]314. The summed E-state index contributed by atoms with van der Waals surface area (Å²) in [6.45, 7) is 1.90. The number of benzene rings is 2. The summed E-state index contributed by atoms with van der Waals surface area (Å²) < 4.78 is 28.2. The van der Waals surface area contributed by atoms with Crippen LogP contribution in [0.5, 0.6) is 11.5 Å². The predicted octanol–water partition coefficient (Wildman–Crippen LogP) is 2.60. The molecule has 0 aromatic heterocycles. The minimum Gasteiger partial charge on any atom is -0.493 e. The van der Waals surface area contributed by atoms with Crippen LogP contribution in [-0.4, -0.2) is 83.5 Å². The van der Waals surface area contributed by atoms with Gasteiger partial charge in [-0.25, -0.2) is 9.59 Å². The molecule has 0 amide bonds. The van der Waals surface area contributed by atoms with E-state index in [0.717, 1.165) is 11.1 Å². The standard InChI is InChI=1S/C33H35NO11/c1-18(30(37)38)42-31(39)27(19-7-5-4-6-8-19)44-25(36)12-11-24(35)43-22-13-14-33(40)23-17-20-9-10-21(41-3)28-26(20)32(33,29(22)45-28)15-16-34(23)2/h4-10,13,18,23,27,29,40H,11-12,14-17H2,1-3H3,(H,37,38)/t18-,23-,27-,29-,32-,33+/m0/s1. The maximum absolute atomic E-state index is 13.1. The second-order valence-corrected chi connectivity index (χ2v) is 12.0. The predicted molar refractivity (Wildman–Crippen MR) is 155 cm³/mol. The Bertz CT molecular complexity index is 1570. The maximum atomic E-state index is 13.1. The van der Waals surface area contributed by atoms with Crippen molar-refractivity contribution in [2.45, 2.75) is 74.4 Å². The number of likely N-dealkylation sites (tertiary alicyclic amines) is 1. The van der Waals surface area contributed by atoms with Crippen molar-refractivity contribution in [3.8, 4) is 11.5 Å². The molecule has 1 fully saturated rings. The minimum atomic E-state index is -1.52. The normalized spacial score (nSPS) is 27.2. The molecule has 6 rings (SSSR count). The minimum absolute atomic E-state index is 0.157. The summed E-state index contributed by atoms with van der Waals surface area (Å²) in [4.78, 5) is 52.0. The number of hydrogen-bond acceptors (Lipinski definition) is 11. The zero-order chi connectivity index (χ0) is 32.1. The molecule has 0 saturated carbocycles. The topological polar surface area (TPSA) is 158 Å². The van der Waals surface area contributed by atoms with Crippen molar-refractivity contribution >= 4 is 23.9 Å². The fraction of sp³-hybridized carbons (Fsp3) is 0.455. The van der Waals surface area contributed by atoms with Crippen molar-refractivity contribution in [3.05, 3.63) is 71.0 Å². The monoisotopic (exact) mass is 621 g/mol. The number of esters is 3. The average molecular weight is 622 g/mol. The first-order valence-corrected chi connectivity index (χ1v) is 14.9. The molecule has 1 spiro atoms. The lowest BCUT2D eigenvalue weighted by Crippen LogP contribution is -2.74. The van der Waals surface area contributed by atoms with Crippen LogP contribution in [-0.2, 0) is 45.2 Å². The molecule has 6 atom stereocenters. The fourth-order valence-electron chi connectivity index (χ4n) is 7.33. The van der Waals surface area contributed by atoms with Gasteiger partial charge in [-0.2, -0.15) is 0 Å². The molecule has 238 valence electrons. The molecule has 4 aliphatic rings. The van der Waals surface area contributed by atoms with Crippen molar-refractivity contribution in [1.29, 1.82) is 0 Å². The number of piperidine rings is 1. The lowest BCUT2D eigenvalue weighted by Gasteiger charge is -2.61. The number of rotatable bonds is 10. The van der Waals surface area contributed by atoms with E-state index in [2.05, 4.69) is 4.90 Å². The molecule has 2 aliphatic carbocycles. The molecule has 0 unspecified atom stereocenters. The van der Waals surface area contributed by atoms with E-state index in [0.29, 0.717) is 30.9 Å². The smallest absolute Gasteiger partial charge is 0.353 e. The molecule has 12 nitrogen and oxygen atoms in total. The van der Waals surface area contributed by atoms with Crippen LogP contribution in [0.15, 0.2) is 54.3 Å². The zero-order valence-electron chi connectivity index (χ0n) is 25.2. The molecule has 2 N–H and O–H groups in total. The van der Waals surface area contributed by atoms with Crippen LogP contribution in [0.4, 0.5) is 0 Å². The van der Waals surface area contributed by atoms with Gasteiger partial charge in [0.05, 0.1) is 31.0 Å². The second-order valence-electron chi connectivity index (χ2n) is 12.0. The first-order valence-electron chi connectivity index (χ1n) is 14.9. The molecular weight excluding hydrogens is 586 g/mol. The third kappa shape index (κ3) is 4.92. The molecule has 2 heterocycles. The highest BCUT2D eigenvalue weighted by atomic mass is 16.6. The molecule has 12 heteroatoms. The molecule has 2 aromatic rings. The number of carbonyl (C=O) groups is 4. The van der Waals surface area contributed by atoms with Gasteiger partial charge in [-0.3, -0.25) is 9.59 Å². The van der Waals surface area contributed by atoms with Gasteiger partial charge < -0.3 is 38.8 Å². The number of carboxylic acid groups (broad SMARTS) is 1. The van der Waals surface area contributed by atoms with Crippen LogP contribution in [0, 0.1) is 0 Å². The van der Waals surface area contributed by atoms with Crippen LogP contribution in [0.25, 0.3) is 0 Å². The van der Waals surface area contributed by atoms with Crippen molar-refractivity contribution in [3.63, 3.8) is 0 Å². The van der Waals surface area contributed by atoms with Crippen LogP contribution in [0.1, 0.15) is 55.4 Å². The quantitative estimate of drug-likeness (QED) is 0.296. The summed E-state index contributed by atoms with van der Waals surface area (Å²) in [6.07, 6.45) is -1.37. The Labute approximate surface area is 259 Å². The van der Waals surface area contributed by atoms with E-state index >= 15 is 0 Å². The number of carboxylic acids is 1. The average Bonchev–Trinajstić information content (AvgIpc) is 3.38. The van der Waals surface area contributed by atoms with Crippen molar-refractivity contribution in [2.24, 2.45) is 0 Å². The van der Waals surface area contributed by atoms with Crippen LogP contribution < -0.4 is 9.47 Å². The van der Waals surface area contributed by atoms with E-state index in [4.69, 9.17) is 28.8 Å². The Morgan fingerprint density at radius 2 is 1.80 bits per heavy atom. The van der Waals surface area contributed by atoms with Gasteiger partial charge in [0.15, 0.2) is 23.7 Å². The van der Waals surface area contributed by atoms with Gasteiger partial charge in [0.25, 0.3) is 0 Å². The van der Waals surface area contributed by atoms with E-state index in [1.54, 1.807) is 31.4 Å². The Morgan fingerprint density at radius 3 is 2.51 bits per heavy atom. The number of ether oxygens (including phenoxy) is 5. The molecule has 0 radical (unpaired) electrons. The largest absolute Gasteiger partial charge is 0.493 e. The van der Waals surface area contributed by atoms with E-state index in [-0.39, 0.29) is 30.2 Å². The van der Waals surface area contributed by atoms with E-state index in [1.165, 1.54) is 19.1 Å². The lowest BCUT2D eigenvalue weighted by molar-refractivity contribution is -0.177. The number of hydrogen-bond donors (Lipinski definition) is 2. The molecule has 2 aromatic carbocycles. The molecule has 1 saturated heterocycles. The third-order valence-corrected chi connectivity index (χ3v) is 9.53. The number of nitrogens with zero attached hydrogens (tertiary/aromatic N) is 1. The fourth-order valence-corrected chi connectivity index (χ4v) is 7.33. The second kappa shape index (κ2) is 11.5. The highest BCUT2D eigenvalue weighted by molar-refractivity contribution is 5.84. The number of carbonyl (C=O) groups excluding carboxylic acids is 3. The first-order chi connectivity index (χ1) is 21.5. The number of methoxy groups -OCH3 is 1.